The van der Waals surface area contributed by atoms with Gasteiger partial charge in [-0.3, -0.25) is 0 Å². The average Bonchev–Trinajstić information content (AvgIpc) is 3.14. The van der Waals surface area contributed by atoms with E-state index in [0.717, 1.165) is 26.8 Å². The molecule has 0 aliphatic carbocycles. The van der Waals surface area contributed by atoms with Gasteiger partial charge in [0.2, 0.25) is 0 Å². The van der Waals surface area contributed by atoms with Gasteiger partial charge in [-0.15, -0.1) is 12.4 Å². The molecular weight excluding hydrogens is 1180 g/mol. The van der Waals surface area contributed by atoms with Gasteiger partial charge in [-0.1, -0.05) is 109 Å². The Kier molecular flexibility index (Phi) is 14.5. The van der Waals surface area contributed by atoms with Crippen LogP contribution in [-0.2, 0) is 0 Å². The first-order valence-electron chi connectivity index (χ1n) is 15.6. The molecule has 0 radical (unpaired) electrons. The van der Waals surface area contributed by atoms with Crippen LogP contribution in [0.5, 0.6) is 34.5 Å². The van der Waals surface area contributed by atoms with E-state index < -0.39 is 23.0 Å². The number of hydrogen-bond donors (Lipinski definition) is 0. The summed E-state index contributed by atoms with van der Waals surface area (Å²) in [4.78, 5) is 0. The maximum atomic E-state index is 6.84. The SMILES string of the molecule is Brc1ccc(OP2(Oc3ccc(Br)cc3)=NP(Oc3ccc(Br)cc3)(Oc3ccc(Br)cc3)=NP(Oc3ccc(Br)cc3)(Oc3ccc(Br)cc3)=N2)cc1.Cl. The second-order valence-electron chi connectivity index (χ2n) is 11.0. The zero-order valence-corrected chi connectivity index (χ0v) is 40.7. The third-order valence-electron chi connectivity index (χ3n) is 6.91. The van der Waals surface area contributed by atoms with Crippen molar-refractivity contribution in [1.82, 2.24) is 0 Å². The van der Waals surface area contributed by atoms with Crippen LogP contribution in [0.1, 0.15) is 0 Å². The topological polar surface area (TPSA) is 92.5 Å². The average molecular weight is 1200 g/mol. The summed E-state index contributed by atoms with van der Waals surface area (Å²) in [7, 11) is -12.0. The lowest BCUT2D eigenvalue weighted by molar-refractivity contribution is 0.443. The van der Waals surface area contributed by atoms with Crippen LogP contribution in [0.15, 0.2) is 186 Å². The van der Waals surface area contributed by atoms with Crippen molar-refractivity contribution in [2.45, 2.75) is 0 Å². The molecule has 1 aliphatic rings. The van der Waals surface area contributed by atoms with E-state index in [1.165, 1.54) is 0 Å². The molecule has 1 heterocycles. The van der Waals surface area contributed by atoms with E-state index >= 15 is 0 Å². The molecule has 7 rings (SSSR count). The minimum absolute atomic E-state index is 0. The summed E-state index contributed by atoms with van der Waals surface area (Å²) in [5, 5.41) is 0. The number of nitrogens with zero attached hydrogens (tertiary/aromatic N) is 3. The van der Waals surface area contributed by atoms with Crippen LogP contribution in [-0.4, -0.2) is 0 Å². The first kappa shape index (κ1) is 42.6. The van der Waals surface area contributed by atoms with Gasteiger partial charge in [0.1, 0.15) is 34.5 Å². The maximum absolute atomic E-state index is 6.84. The zero-order valence-electron chi connectivity index (χ0n) is 27.7. The molecule has 6 aromatic rings. The molecule has 0 unspecified atom stereocenters. The quantitative estimate of drug-likeness (QED) is 0.113. The first-order valence-corrected chi connectivity index (χ1v) is 24.9. The standard InChI is InChI=1S/C36H24Br6N3O6P3.ClH/c37-25-1-13-31(14-2-25)46-52(47-32-15-3-26(38)4-16-32)43-53(48-33-17-5-27(39)6-18-33,49-34-19-7-28(40)8-20-34)45-54(44-52,50-35-21-9-29(41)10-22-35)51-36-23-11-30(42)12-24-36;/h1-24H;1H. The normalized spacial score (nSPS) is 14.7. The fourth-order valence-corrected chi connectivity index (χ4v) is 15.2. The van der Waals surface area contributed by atoms with Crippen LogP contribution in [0.4, 0.5) is 0 Å². The fourth-order valence-electron chi connectivity index (χ4n) is 4.55. The molecule has 19 heteroatoms. The Hall–Kier alpha value is -2.02. The van der Waals surface area contributed by atoms with Crippen molar-refractivity contribution >= 4 is 131 Å². The Labute approximate surface area is 374 Å². The van der Waals surface area contributed by atoms with Crippen LogP contribution in [0.3, 0.4) is 0 Å². The van der Waals surface area contributed by atoms with Crippen LogP contribution in [0.2, 0.25) is 0 Å². The van der Waals surface area contributed by atoms with Crippen molar-refractivity contribution in [3.05, 3.63) is 172 Å². The number of hydrogen-bond acceptors (Lipinski definition) is 9. The minimum Gasteiger partial charge on any atom is -0.413 e. The summed E-state index contributed by atoms with van der Waals surface area (Å²) < 4.78 is 61.8. The van der Waals surface area contributed by atoms with E-state index in [2.05, 4.69) is 95.6 Å². The third kappa shape index (κ3) is 11.6. The van der Waals surface area contributed by atoms with Crippen molar-refractivity contribution in [2.24, 2.45) is 13.5 Å². The van der Waals surface area contributed by atoms with Gasteiger partial charge in [-0.2, -0.15) is 0 Å². The zero-order chi connectivity index (χ0) is 37.8. The van der Waals surface area contributed by atoms with Gasteiger partial charge in [-0.25, -0.2) is 0 Å². The highest BCUT2D eigenvalue weighted by atomic mass is 79.9. The monoisotopic (exact) mass is 1200 g/mol. The van der Waals surface area contributed by atoms with Crippen molar-refractivity contribution in [1.29, 1.82) is 0 Å². The molecule has 0 fully saturated rings. The molecule has 284 valence electrons. The van der Waals surface area contributed by atoms with Crippen LogP contribution in [0, 0.1) is 0 Å². The summed E-state index contributed by atoms with van der Waals surface area (Å²) in [6.45, 7) is 0. The molecule has 0 saturated carbocycles. The third-order valence-corrected chi connectivity index (χ3v) is 18.2. The minimum atomic E-state index is -4.01. The maximum Gasteiger partial charge on any atom is 0.460 e. The van der Waals surface area contributed by atoms with Gasteiger partial charge < -0.3 is 27.1 Å². The summed E-state index contributed by atoms with van der Waals surface area (Å²) in [6, 6.07) is 43.5. The number of rotatable bonds is 12. The highest BCUT2D eigenvalue weighted by Gasteiger charge is 2.49. The van der Waals surface area contributed by atoms with Gasteiger partial charge in [0, 0.05) is 26.8 Å². The first-order chi connectivity index (χ1) is 26.0. The molecule has 0 amide bonds. The molecule has 0 aromatic heterocycles. The summed E-state index contributed by atoms with van der Waals surface area (Å²) in [6.07, 6.45) is 0. The summed E-state index contributed by atoms with van der Waals surface area (Å²) in [5.74, 6) is 2.47. The van der Waals surface area contributed by atoms with E-state index in [1.807, 2.05) is 72.8 Å². The lowest BCUT2D eigenvalue weighted by atomic mass is 10.3. The molecule has 1 aliphatic heterocycles. The predicted molar refractivity (Wildman–Crippen MR) is 244 cm³/mol. The molecule has 0 bridgehead atoms. The number of halogens is 7. The molecule has 0 atom stereocenters. The van der Waals surface area contributed by atoms with Gasteiger partial charge in [-0.05, 0) is 146 Å². The lowest BCUT2D eigenvalue weighted by Gasteiger charge is -2.33. The summed E-state index contributed by atoms with van der Waals surface area (Å²) >= 11 is 21.1. The van der Waals surface area contributed by atoms with Crippen LogP contribution < -0.4 is 27.1 Å². The van der Waals surface area contributed by atoms with Crippen LogP contribution >= 0.6 is 131 Å². The van der Waals surface area contributed by atoms with E-state index in [0.29, 0.717) is 34.5 Å². The van der Waals surface area contributed by atoms with Crippen molar-refractivity contribution < 1.29 is 27.1 Å². The Morgan fingerprint density at radius 1 is 0.255 bits per heavy atom. The predicted octanol–water partition coefficient (Wildman–Crippen LogP) is 17.3. The highest BCUT2D eigenvalue weighted by molar-refractivity contribution is 9.11. The molecule has 0 saturated heterocycles. The summed E-state index contributed by atoms with van der Waals surface area (Å²) in [5.41, 5.74) is 0. The second kappa shape index (κ2) is 18.7. The highest BCUT2D eigenvalue weighted by Crippen LogP contribution is 2.78. The van der Waals surface area contributed by atoms with E-state index in [9.17, 15) is 0 Å². The Bertz CT molecular complexity index is 1990. The Morgan fingerprint density at radius 2 is 0.382 bits per heavy atom. The largest absolute Gasteiger partial charge is 0.460 e. The molecule has 6 aromatic carbocycles. The fraction of sp³-hybridized carbons (Fsp3) is 0. The Morgan fingerprint density at radius 3 is 0.509 bits per heavy atom. The molecule has 55 heavy (non-hydrogen) atoms. The van der Waals surface area contributed by atoms with E-state index in [-0.39, 0.29) is 12.4 Å². The van der Waals surface area contributed by atoms with Crippen molar-refractivity contribution in [3.8, 4) is 34.5 Å². The van der Waals surface area contributed by atoms with E-state index in [1.54, 1.807) is 72.8 Å². The van der Waals surface area contributed by atoms with E-state index in [4.69, 9.17) is 40.7 Å². The lowest BCUT2D eigenvalue weighted by Crippen LogP contribution is -2.11. The molecule has 0 N–H and O–H groups in total. The van der Waals surface area contributed by atoms with Gasteiger partial charge in [0.15, 0.2) is 0 Å². The molecular formula is C36H25Br6ClN3O6P3. The number of benzene rings is 6. The Balaban J connectivity index is 0.00000514. The van der Waals surface area contributed by atoms with Gasteiger partial charge in [0.05, 0.1) is 0 Å². The van der Waals surface area contributed by atoms with Crippen molar-refractivity contribution in [2.75, 3.05) is 0 Å². The van der Waals surface area contributed by atoms with Crippen LogP contribution in [0.25, 0.3) is 0 Å². The van der Waals surface area contributed by atoms with Gasteiger partial charge in [0.25, 0.3) is 0 Å². The molecule has 9 nitrogen and oxygen atoms in total. The van der Waals surface area contributed by atoms with Crippen molar-refractivity contribution in [3.63, 3.8) is 0 Å². The molecule has 0 spiro atoms. The smallest absolute Gasteiger partial charge is 0.413 e. The van der Waals surface area contributed by atoms with Gasteiger partial charge >= 0.3 is 23.0 Å². The second-order valence-corrected chi connectivity index (χ2v) is 22.7.